The monoisotopic (exact) mass is 282 g/mol. The summed E-state index contributed by atoms with van der Waals surface area (Å²) in [5, 5.41) is 3.53. The van der Waals surface area contributed by atoms with Gasteiger partial charge in [0.15, 0.2) is 0 Å². The van der Waals surface area contributed by atoms with E-state index < -0.39 is 0 Å². The highest BCUT2D eigenvalue weighted by molar-refractivity contribution is 9.10. The Morgan fingerprint density at radius 3 is 2.56 bits per heavy atom. The van der Waals surface area contributed by atoms with E-state index in [1.54, 1.807) is 0 Å². The summed E-state index contributed by atoms with van der Waals surface area (Å²) in [4.78, 5) is 2.49. The molecule has 1 saturated heterocycles. The van der Waals surface area contributed by atoms with Gasteiger partial charge in [-0.05, 0) is 45.0 Å². The molecule has 0 amide bonds. The van der Waals surface area contributed by atoms with E-state index in [1.165, 1.54) is 5.69 Å². The predicted molar refractivity (Wildman–Crippen MR) is 73.0 cm³/mol. The Bertz CT molecular complexity index is 359. The maximum Gasteiger partial charge on any atom is 0.0496 e. The van der Waals surface area contributed by atoms with Gasteiger partial charge >= 0.3 is 0 Å². The van der Waals surface area contributed by atoms with E-state index in [1.807, 2.05) is 0 Å². The van der Waals surface area contributed by atoms with Crippen molar-refractivity contribution in [2.75, 3.05) is 18.0 Å². The first-order valence-electron chi connectivity index (χ1n) is 5.78. The number of anilines is 1. The fraction of sp³-hybridized carbons (Fsp3) is 0.538. The lowest BCUT2D eigenvalue weighted by atomic mass is 9.90. The van der Waals surface area contributed by atoms with Crippen LogP contribution in [-0.4, -0.2) is 24.7 Å². The second-order valence-corrected chi connectivity index (χ2v) is 5.87. The summed E-state index contributed by atoms with van der Waals surface area (Å²) >= 11 is 3.48. The third-order valence-corrected chi connectivity index (χ3v) is 4.21. The van der Waals surface area contributed by atoms with Crippen molar-refractivity contribution in [3.63, 3.8) is 0 Å². The molecule has 0 aromatic heterocycles. The van der Waals surface area contributed by atoms with Crippen molar-refractivity contribution >= 4 is 21.6 Å². The molecule has 0 spiro atoms. The zero-order valence-electron chi connectivity index (χ0n) is 10.1. The van der Waals surface area contributed by atoms with Crippen LogP contribution in [0, 0.1) is 0 Å². The number of benzene rings is 1. The van der Waals surface area contributed by atoms with Gasteiger partial charge in [0.25, 0.3) is 0 Å². The molecule has 3 heteroatoms. The van der Waals surface area contributed by atoms with Crippen LogP contribution in [0.5, 0.6) is 0 Å². The Labute approximate surface area is 106 Å². The summed E-state index contributed by atoms with van der Waals surface area (Å²) < 4.78 is 1.14. The van der Waals surface area contributed by atoms with Crippen LogP contribution in [-0.2, 0) is 0 Å². The summed E-state index contributed by atoms with van der Waals surface area (Å²) in [6.45, 7) is 8.97. The van der Waals surface area contributed by atoms with E-state index in [0.29, 0.717) is 6.04 Å². The molecular weight excluding hydrogens is 264 g/mol. The van der Waals surface area contributed by atoms with Crippen LogP contribution >= 0.6 is 15.9 Å². The molecule has 1 unspecified atom stereocenters. The molecule has 1 N–H and O–H groups in total. The average Bonchev–Trinajstić information content (AvgIpc) is 2.24. The lowest BCUT2D eigenvalue weighted by Gasteiger charge is -2.48. The normalized spacial score (nSPS) is 24.5. The molecule has 0 aliphatic carbocycles. The molecule has 1 atom stereocenters. The van der Waals surface area contributed by atoms with Crippen molar-refractivity contribution in [3.8, 4) is 0 Å². The van der Waals surface area contributed by atoms with E-state index in [2.05, 4.69) is 71.2 Å². The van der Waals surface area contributed by atoms with Crippen molar-refractivity contribution < 1.29 is 0 Å². The topological polar surface area (TPSA) is 15.3 Å². The molecule has 1 heterocycles. The van der Waals surface area contributed by atoms with Crippen molar-refractivity contribution in [1.29, 1.82) is 0 Å². The third kappa shape index (κ3) is 2.11. The van der Waals surface area contributed by atoms with Gasteiger partial charge in [-0.3, -0.25) is 0 Å². The Balaban J connectivity index is 2.28. The molecule has 1 aliphatic rings. The smallest absolute Gasteiger partial charge is 0.0496 e. The maximum absolute atomic E-state index is 3.53. The lowest BCUT2D eigenvalue weighted by Crippen LogP contribution is -2.63. The number of hydrogen-bond donors (Lipinski definition) is 1. The molecule has 2 nitrogen and oxygen atoms in total. The molecule has 88 valence electrons. The first kappa shape index (κ1) is 11.9. The van der Waals surface area contributed by atoms with Crippen LogP contribution in [0.2, 0.25) is 0 Å². The van der Waals surface area contributed by atoms with E-state index in [-0.39, 0.29) is 5.54 Å². The highest BCUT2D eigenvalue weighted by atomic mass is 79.9. The third-order valence-electron chi connectivity index (χ3n) is 3.68. The van der Waals surface area contributed by atoms with E-state index in [9.17, 15) is 0 Å². The van der Waals surface area contributed by atoms with Gasteiger partial charge in [-0.2, -0.15) is 0 Å². The summed E-state index contributed by atoms with van der Waals surface area (Å²) in [6, 6.07) is 9.09. The van der Waals surface area contributed by atoms with Crippen LogP contribution in [0.3, 0.4) is 0 Å². The van der Waals surface area contributed by atoms with Gasteiger partial charge in [-0.25, -0.2) is 0 Å². The predicted octanol–water partition coefficient (Wildman–Crippen LogP) is 3.03. The minimum atomic E-state index is 0.159. The first-order chi connectivity index (χ1) is 7.51. The van der Waals surface area contributed by atoms with Crippen LogP contribution in [0.25, 0.3) is 0 Å². The van der Waals surface area contributed by atoms with Gasteiger partial charge in [0, 0.05) is 34.8 Å². The Kier molecular flexibility index (Phi) is 3.27. The van der Waals surface area contributed by atoms with Gasteiger partial charge in [-0.15, -0.1) is 0 Å². The molecule has 1 aliphatic heterocycles. The van der Waals surface area contributed by atoms with Crippen molar-refractivity contribution in [1.82, 2.24) is 5.32 Å². The zero-order chi connectivity index (χ0) is 11.8. The van der Waals surface area contributed by atoms with Crippen LogP contribution < -0.4 is 10.2 Å². The number of nitrogens with one attached hydrogen (secondary N) is 1. The summed E-state index contributed by atoms with van der Waals surface area (Å²) in [6.07, 6.45) is 0. The van der Waals surface area contributed by atoms with E-state index in [0.717, 1.165) is 17.6 Å². The zero-order valence-corrected chi connectivity index (χ0v) is 11.7. The van der Waals surface area contributed by atoms with Crippen molar-refractivity contribution in [3.05, 3.63) is 28.7 Å². The summed E-state index contributed by atoms with van der Waals surface area (Å²) in [5.41, 5.74) is 1.47. The molecule has 0 saturated carbocycles. The number of halogens is 1. The number of rotatable bonds is 1. The molecule has 1 aromatic rings. The highest BCUT2D eigenvalue weighted by Gasteiger charge is 2.35. The van der Waals surface area contributed by atoms with Crippen LogP contribution in [0.4, 0.5) is 5.69 Å². The Morgan fingerprint density at radius 1 is 1.31 bits per heavy atom. The average molecular weight is 283 g/mol. The van der Waals surface area contributed by atoms with Crippen molar-refractivity contribution in [2.24, 2.45) is 0 Å². The van der Waals surface area contributed by atoms with Crippen LogP contribution in [0.1, 0.15) is 20.8 Å². The molecular formula is C13H19BrN2. The Hall–Kier alpha value is -0.540. The second kappa shape index (κ2) is 4.38. The van der Waals surface area contributed by atoms with Crippen LogP contribution in [0.15, 0.2) is 28.7 Å². The number of nitrogens with zero attached hydrogens (tertiary/aromatic N) is 1. The largest absolute Gasteiger partial charge is 0.364 e. The number of piperazine rings is 1. The fourth-order valence-corrected chi connectivity index (χ4v) is 2.51. The molecule has 0 radical (unpaired) electrons. The fourth-order valence-electron chi connectivity index (χ4n) is 2.25. The van der Waals surface area contributed by atoms with Gasteiger partial charge < -0.3 is 10.2 Å². The molecule has 0 bridgehead atoms. The maximum atomic E-state index is 3.53. The van der Waals surface area contributed by atoms with Gasteiger partial charge in [-0.1, -0.05) is 15.9 Å². The molecule has 1 aromatic carbocycles. The quantitative estimate of drug-likeness (QED) is 0.852. The van der Waals surface area contributed by atoms with E-state index >= 15 is 0 Å². The van der Waals surface area contributed by atoms with Gasteiger partial charge in [0.05, 0.1) is 0 Å². The Morgan fingerprint density at radius 2 is 1.94 bits per heavy atom. The molecule has 1 fully saturated rings. The SMILES string of the molecule is CC1NCCN(c2ccc(Br)cc2)C1(C)C. The minimum Gasteiger partial charge on any atom is -0.364 e. The minimum absolute atomic E-state index is 0.159. The second-order valence-electron chi connectivity index (χ2n) is 4.96. The first-order valence-corrected chi connectivity index (χ1v) is 6.58. The summed E-state index contributed by atoms with van der Waals surface area (Å²) in [7, 11) is 0. The molecule has 2 rings (SSSR count). The standard InChI is InChI=1S/C13H19BrN2/c1-10-13(2,3)16(9-8-15-10)12-6-4-11(14)5-7-12/h4-7,10,15H,8-9H2,1-3H3. The van der Waals surface area contributed by atoms with E-state index in [4.69, 9.17) is 0 Å². The van der Waals surface area contributed by atoms with Gasteiger partial charge in [0.1, 0.15) is 0 Å². The lowest BCUT2D eigenvalue weighted by molar-refractivity contribution is 0.298. The summed E-state index contributed by atoms with van der Waals surface area (Å²) in [5.74, 6) is 0. The highest BCUT2D eigenvalue weighted by Crippen LogP contribution is 2.29. The number of hydrogen-bond acceptors (Lipinski definition) is 2. The van der Waals surface area contributed by atoms with Crippen molar-refractivity contribution in [2.45, 2.75) is 32.4 Å². The molecule has 16 heavy (non-hydrogen) atoms. The van der Waals surface area contributed by atoms with Gasteiger partial charge in [0.2, 0.25) is 0 Å².